The van der Waals surface area contributed by atoms with Crippen LogP contribution in [-0.4, -0.2) is 28.0 Å². The zero-order chi connectivity index (χ0) is 23.9. The summed E-state index contributed by atoms with van der Waals surface area (Å²) in [7, 11) is -4.44. The van der Waals surface area contributed by atoms with E-state index < -0.39 is 32.3 Å². The molecule has 0 radical (unpaired) electrons. The van der Waals surface area contributed by atoms with E-state index in [1.54, 1.807) is 41.1 Å². The molecule has 2 aromatic carbocycles. The predicted octanol–water partition coefficient (Wildman–Crippen LogP) is 5.38. The quantitative estimate of drug-likeness (QED) is 0.323. The Morgan fingerprint density at radius 3 is 2.71 bits per heavy atom. The lowest BCUT2D eigenvalue weighted by Crippen LogP contribution is -2.15. The monoisotopic (exact) mass is 519 g/mol. The first-order valence-corrected chi connectivity index (χ1v) is 12.2. The van der Waals surface area contributed by atoms with Crippen LogP contribution in [0.15, 0.2) is 71.3 Å². The molecule has 0 unspecified atom stereocenters. The number of sulfonamides is 1. The zero-order valence-corrected chi connectivity index (χ0v) is 19.2. The van der Waals surface area contributed by atoms with Crippen LogP contribution in [0.5, 0.6) is 11.5 Å². The fourth-order valence-electron chi connectivity index (χ4n) is 3.26. The van der Waals surface area contributed by atoms with E-state index >= 15 is 0 Å². The summed E-state index contributed by atoms with van der Waals surface area (Å²) < 4.78 is 64.1. The van der Waals surface area contributed by atoms with E-state index in [0.717, 1.165) is 11.3 Å². The van der Waals surface area contributed by atoms with Crippen molar-refractivity contribution in [3.8, 4) is 22.8 Å². The molecule has 0 saturated carbocycles. The van der Waals surface area contributed by atoms with Crippen LogP contribution in [0.3, 0.4) is 0 Å². The lowest BCUT2D eigenvalue weighted by atomic mass is 10.1. The molecule has 0 fully saturated rings. The molecule has 1 N–H and O–H groups in total. The minimum absolute atomic E-state index is 0.0837. The van der Waals surface area contributed by atoms with Gasteiger partial charge >= 0.3 is 0 Å². The molecule has 5 rings (SSSR count). The third-order valence-corrected chi connectivity index (χ3v) is 7.05. The Labute approximate surface area is 200 Å². The van der Waals surface area contributed by atoms with Crippen molar-refractivity contribution in [3.63, 3.8) is 0 Å². The maximum absolute atomic E-state index is 14.9. The normalized spacial score (nSPS) is 11.6. The number of imidazole rings is 1. The molecule has 8 nitrogen and oxygen atoms in total. The first-order chi connectivity index (χ1) is 16.3. The van der Waals surface area contributed by atoms with Crippen molar-refractivity contribution in [1.82, 2.24) is 19.6 Å². The fraction of sp³-hybridized carbons (Fsp3) is 0. The number of nitrogens with zero attached hydrogens (tertiary/aromatic N) is 4. The number of anilines is 1. The van der Waals surface area contributed by atoms with Gasteiger partial charge in [0.1, 0.15) is 27.6 Å². The van der Waals surface area contributed by atoms with Gasteiger partial charge in [-0.25, -0.2) is 22.2 Å². The van der Waals surface area contributed by atoms with E-state index in [1.165, 1.54) is 17.6 Å². The summed E-state index contributed by atoms with van der Waals surface area (Å²) in [5, 5.41) is 7.35. The highest BCUT2D eigenvalue weighted by molar-refractivity contribution is 7.93. The topological polar surface area (TPSA) is 98.5 Å². The fourth-order valence-corrected chi connectivity index (χ4v) is 5.20. The van der Waals surface area contributed by atoms with Crippen LogP contribution >= 0.6 is 22.9 Å². The minimum atomic E-state index is -4.44. The minimum Gasteiger partial charge on any atom is -0.453 e. The summed E-state index contributed by atoms with van der Waals surface area (Å²) in [5.74, 6) is -2.62. The van der Waals surface area contributed by atoms with Gasteiger partial charge in [-0.15, -0.1) is 10.2 Å². The highest BCUT2D eigenvalue weighted by Crippen LogP contribution is 2.37. The Morgan fingerprint density at radius 1 is 1.06 bits per heavy atom. The van der Waals surface area contributed by atoms with Gasteiger partial charge in [0.2, 0.25) is 5.13 Å². The second-order valence-corrected chi connectivity index (χ2v) is 9.79. The van der Waals surface area contributed by atoms with Gasteiger partial charge in [0.05, 0.1) is 5.69 Å². The number of nitrogens with one attached hydrogen (secondary N) is 1. The van der Waals surface area contributed by atoms with Crippen LogP contribution < -0.4 is 9.46 Å². The molecule has 0 aliphatic rings. The molecule has 0 spiro atoms. The Balaban J connectivity index is 1.54. The number of halogens is 3. The maximum Gasteiger partial charge on any atom is 0.266 e. The van der Waals surface area contributed by atoms with E-state index in [9.17, 15) is 17.2 Å². The van der Waals surface area contributed by atoms with Crippen LogP contribution in [-0.2, 0) is 10.0 Å². The second kappa shape index (κ2) is 8.63. The van der Waals surface area contributed by atoms with Crippen molar-refractivity contribution in [1.29, 1.82) is 0 Å². The molecule has 13 heteroatoms. The lowest BCUT2D eigenvalue weighted by molar-refractivity contribution is 0.433. The first-order valence-electron chi connectivity index (χ1n) is 9.50. The largest absolute Gasteiger partial charge is 0.453 e. The summed E-state index contributed by atoms with van der Waals surface area (Å²) in [6, 6.07) is 11.2. The van der Waals surface area contributed by atoms with Gasteiger partial charge in [0.15, 0.2) is 11.6 Å². The Hall–Kier alpha value is -3.61. The first kappa shape index (κ1) is 22.2. The molecule has 3 heterocycles. The standard InChI is InChI=1S/C21H12ClF2N5O3S2/c22-12-4-5-17(13(8-12)16-2-1-3-20-25-6-7-29(16)20)32-18-9-15(24)19(10-14(18)23)34(30,31)28-21-27-26-11-33-21/h1-11H,(H,27,28). The van der Waals surface area contributed by atoms with Crippen molar-refractivity contribution < 1.29 is 21.9 Å². The van der Waals surface area contributed by atoms with Crippen molar-refractivity contribution >= 4 is 43.7 Å². The van der Waals surface area contributed by atoms with E-state index in [2.05, 4.69) is 15.2 Å². The zero-order valence-electron chi connectivity index (χ0n) is 16.8. The predicted molar refractivity (Wildman–Crippen MR) is 123 cm³/mol. The molecular formula is C21H12ClF2N5O3S2. The maximum atomic E-state index is 14.9. The Morgan fingerprint density at radius 2 is 1.91 bits per heavy atom. The highest BCUT2D eigenvalue weighted by atomic mass is 35.5. The van der Waals surface area contributed by atoms with Crippen molar-refractivity contribution in [3.05, 3.63) is 83.1 Å². The average molecular weight is 520 g/mol. The number of benzene rings is 2. The molecule has 0 saturated heterocycles. The highest BCUT2D eigenvalue weighted by Gasteiger charge is 2.24. The SMILES string of the molecule is O=S(=O)(Nc1nncs1)c1cc(F)c(Oc2ccc(Cl)cc2-c2cccc3nccn23)cc1F. The number of rotatable bonds is 6. The van der Waals surface area contributed by atoms with Crippen molar-refractivity contribution in [2.45, 2.75) is 4.90 Å². The van der Waals surface area contributed by atoms with Crippen molar-refractivity contribution in [2.24, 2.45) is 0 Å². The summed E-state index contributed by atoms with van der Waals surface area (Å²) in [6.07, 6.45) is 3.36. The number of ether oxygens (including phenoxy) is 1. The summed E-state index contributed by atoms with van der Waals surface area (Å²) >= 11 is 7.07. The molecule has 0 amide bonds. The van der Waals surface area contributed by atoms with Gasteiger partial charge < -0.3 is 4.74 Å². The summed E-state index contributed by atoms with van der Waals surface area (Å²) in [5.41, 5.74) is 3.09. The van der Waals surface area contributed by atoms with Crippen LogP contribution in [0.2, 0.25) is 5.02 Å². The molecule has 172 valence electrons. The van der Waals surface area contributed by atoms with Crippen LogP contribution in [0, 0.1) is 11.6 Å². The molecule has 34 heavy (non-hydrogen) atoms. The van der Waals surface area contributed by atoms with Gasteiger partial charge in [-0.05, 0) is 30.3 Å². The number of pyridine rings is 1. The molecule has 0 atom stereocenters. The van der Waals surface area contributed by atoms with Gasteiger partial charge in [-0.2, -0.15) is 0 Å². The molecule has 5 aromatic rings. The smallest absolute Gasteiger partial charge is 0.266 e. The van der Waals surface area contributed by atoms with E-state index in [0.29, 0.717) is 34.1 Å². The van der Waals surface area contributed by atoms with Crippen LogP contribution in [0.25, 0.3) is 16.9 Å². The Kier molecular flexibility index (Phi) is 5.63. The van der Waals surface area contributed by atoms with E-state index in [1.807, 2.05) is 4.72 Å². The summed E-state index contributed by atoms with van der Waals surface area (Å²) in [4.78, 5) is 3.34. The molecule has 0 aliphatic heterocycles. The number of fused-ring (bicyclic) bond motifs is 1. The molecule has 3 aromatic heterocycles. The van der Waals surface area contributed by atoms with E-state index in [-0.39, 0.29) is 10.9 Å². The number of hydrogen-bond acceptors (Lipinski definition) is 7. The van der Waals surface area contributed by atoms with Crippen LogP contribution in [0.4, 0.5) is 13.9 Å². The molecule has 0 aliphatic carbocycles. The average Bonchev–Trinajstić information content (AvgIpc) is 3.48. The van der Waals surface area contributed by atoms with Gasteiger partial charge in [0.25, 0.3) is 10.0 Å². The molecule has 0 bridgehead atoms. The van der Waals surface area contributed by atoms with Crippen molar-refractivity contribution in [2.75, 3.05) is 4.72 Å². The number of hydrogen-bond donors (Lipinski definition) is 1. The Bertz CT molecular complexity index is 1630. The van der Waals surface area contributed by atoms with E-state index in [4.69, 9.17) is 16.3 Å². The van der Waals surface area contributed by atoms with Gasteiger partial charge in [-0.3, -0.25) is 9.12 Å². The third kappa shape index (κ3) is 4.18. The van der Waals surface area contributed by atoms with Gasteiger partial charge in [0, 0.05) is 35.1 Å². The lowest BCUT2D eigenvalue weighted by Gasteiger charge is -2.15. The third-order valence-electron chi connectivity index (χ3n) is 4.72. The summed E-state index contributed by atoms with van der Waals surface area (Å²) in [6.45, 7) is 0. The molecular weight excluding hydrogens is 508 g/mol. The second-order valence-electron chi connectivity index (χ2n) is 6.87. The van der Waals surface area contributed by atoms with Crippen LogP contribution in [0.1, 0.15) is 0 Å². The number of aromatic nitrogens is 4. The van der Waals surface area contributed by atoms with Gasteiger partial charge in [-0.1, -0.05) is 29.0 Å².